The fourth-order valence-electron chi connectivity index (χ4n) is 2.37. The number of aromatic nitrogens is 2. The van der Waals surface area contributed by atoms with Crippen LogP contribution >= 0.6 is 0 Å². The zero-order valence-electron chi connectivity index (χ0n) is 12.7. The van der Waals surface area contributed by atoms with E-state index in [0.29, 0.717) is 5.82 Å². The molecule has 0 bridgehead atoms. The number of nitrogens with zero attached hydrogens (tertiary/aromatic N) is 2. The number of carbonyl (C=O) groups is 3. The molecule has 2 aromatic rings. The van der Waals surface area contributed by atoms with Gasteiger partial charge in [-0.25, -0.2) is 14.6 Å². The molecule has 0 radical (unpaired) electrons. The van der Waals surface area contributed by atoms with Crippen LogP contribution in [0.5, 0.6) is 5.75 Å². The summed E-state index contributed by atoms with van der Waals surface area (Å²) in [4.78, 5) is 38.4. The number of benzene rings is 1. The number of aromatic carboxylic acids is 2. The van der Waals surface area contributed by atoms with Gasteiger partial charge in [-0.2, -0.15) is 0 Å². The Balaban J connectivity index is 2.88. The SMILES string of the molecule is CC(=O)Oc1cc(-c2nccn2C)c(C(=O)O)c(C)c1C(=O)O. The first-order valence-electron chi connectivity index (χ1n) is 6.54. The van der Waals surface area contributed by atoms with Gasteiger partial charge in [-0.05, 0) is 18.6 Å². The molecule has 1 heterocycles. The van der Waals surface area contributed by atoms with Gasteiger partial charge in [0.15, 0.2) is 0 Å². The van der Waals surface area contributed by atoms with Crippen LogP contribution in [0.3, 0.4) is 0 Å². The minimum atomic E-state index is -1.38. The van der Waals surface area contributed by atoms with Crippen LogP contribution < -0.4 is 4.74 Å². The molecule has 1 aromatic carbocycles. The lowest BCUT2D eigenvalue weighted by atomic mass is 9.95. The standard InChI is InChI=1S/C15H14N2O6/c1-7-11(14(19)20)9(13-16-4-5-17(13)3)6-10(23-8(2)18)12(7)15(21)22/h4-6H,1-3H3,(H,19,20)(H,21,22). The number of imidazole rings is 1. The van der Waals surface area contributed by atoms with Crippen molar-refractivity contribution >= 4 is 17.9 Å². The summed E-state index contributed by atoms with van der Waals surface area (Å²) in [5.74, 6) is -3.29. The highest BCUT2D eigenvalue weighted by atomic mass is 16.5. The Kier molecular flexibility index (Phi) is 4.17. The summed E-state index contributed by atoms with van der Waals surface area (Å²) in [6, 6.07) is 1.21. The summed E-state index contributed by atoms with van der Waals surface area (Å²) in [6.45, 7) is 2.48. The quantitative estimate of drug-likeness (QED) is 0.650. The summed E-state index contributed by atoms with van der Waals surface area (Å²) in [6.07, 6.45) is 3.10. The van der Waals surface area contributed by atoms with E-state index >= 15 is 0 Å². The molecule has 120 valence electrons. The molecule has 23 heavy (non-hydrogen) atoms. The number of carboxylic acid groups (broad SMARTS) is 2. The maximum Gasteiger partial charge on any atom is 0.339 e. The third-order valence-corrected chi connectivity index (χ3v) is 3.28. The molecule has 0 unspecified atom stereocenters. The second-order valence-electron chi connectivity index (χ2n) is 4.86. The largest absolute Gasteiger partial charge is 0.478 e. The molecule has 0 aliphatic rings. The van der Waals surface area contributed by atoms with E-state index in [1.54, 1.807) is 17.8 Å². The Hall–Kier alpha value is -3.16. The summed E-state index contributed by atoms with van der Waals surface area (Å²) < 4.78 is 6.53. The van der Waals surface area contributed by atoms with E-state index in [0.717, 1.165) is 6.92 Å². The Morgan fingerprint density at radius 2 is 1.78 bits per heavy atom. The van der Waals surface area contributed by atoms with Crippen molar-refractivity contribution in [2.24, 2.45) is 7.05 Å². The second-order valence-corrected chi connectivity index (χ2v) is 4.86. The van der Waals surface area contributed by atoms with Gasteiger partial charge in [-0.1, -0.05) is 0 Å². The first-order chi connectivity index (χ1) is 10.7. The van der Waals surface area contributed by atoms with Gasteiger partial charge in [0, 0.05) is 31.9 Å². The molecule has 1 aromatic heterocycles. The highest BCUT2D eigenvalue weighted by Crippen LogP contribution is 2.34. The molecule has 0 fully saturated rings. The number of carbonyl (C=O) groups excluding carboxylic acids is 1. The fraction of sp³-hybridized carbons (Fsp3) is 0.200. The maximum atomic E-state index is 11.6. The van der Waals surface area contributed by atoms with E-state index in [-0.39, 0.29) is 28.0 Å². The van der Waals surface area contributed by atoms with E-state index in [2.05, 4.69) is 4.98 Å². The molecular formula is C15H14N2O6. The van der Waals surface area contributed by atoms with Gasteiger partial charge in [0.2, 0.25) is 0 Å². The van der Waals surface area contributed by atoms with Crippen molar-refractivity contribution in [3.05, 3.63) is 35.2 Å². The van der Waals surface area contributed by atoms with Crippen molar-refractivity contribution in [2.45, 2.75) is 13.8 Å². The molecule has 2 N–H and O–H groups in total. The summed E-state index contributed by atoms with van der Waals surface area (Å²) in [5.41, 5.74) is -0.409. The minimum absolute atomic E-state index is 0.0123. The van der Waals surface area contributed by atoms with Crippen LogP contribution in [0.25, 0.3) is 11.4 Å². The lowest BCUT2D eigenvalue weighted by molar-refractivity contribution is -0.131. The molecule has 0 aliphatic heterocycles. The first-order valence-corrected chi connectivity index (χ1v) is 6.54. The van der Waals surface area contributed by atoms with Crippen molar-refractivity contribution in [3.8, 4) is 17.1 Å². The van der Waals surface area contributed by atoms with E-state index < -0.39 is 17.9 Å². The predicted molar refractivity (Wildman–Crippen MR) is 78.6 cm³/mol. The van der Waals surface area contributed by atoms with Crippen molar-refractivity contribution in [2.75, 3.05) is 0 Å². The zero-order chi connectivity index (χ0) is 17.3. The zero-order valence-corrected chi connectivity index (χ0v) is 12.7. The van der Waals surface area contributed by atoms with Crippen LogP contribution in [0.2, 0.25) is 0 Å². The Bertz CT molecular complexity index is 822. The van der Waals surface area contributed by atoms with E-state index in [1.807, 2.05) is 0 Å². The molecule has 0 atom stereocenters. The van der Waals surface area contributed by atoms with E-state index in [1.165, 1.54) is 19.2 Å². The lowest BCUT2D eigenvalue weighted by Gasteiger charge is -2.15. The van der Waals surface area contributed by atoms with Gasteiger partial charge < -0.3 is 19.5 Å². The highest BCUT2D eigenvalue weighted by molar-refractivity contribution is 6.03. The number of rotatable bonds is 4. The van der Waals surface area contributed by atoms with Crippen LogP contribution in [0, 0.1) is 6.92 Å². The molecule has 8 heteroatoms. The number of ether oxygens (including phenoxy) is 1. The number of hydrogen-bond donors (Lipinski definition) is 2. The van der Waals surface area contributed by atoms with Gasteiger partial charge in [-0.15, -0.1) is 0 Å². The van der Waals surface area contributed by atoms with Gasteiger partial charge in [0.1, 0.15) is 17.1 Å². The first kappa shape index (κ1) is 16.2. The van der Waals surface area contributed by atoms with E-state index in [9.17, 15) is 24.6 Å². The molecule has 2 rings (SSSR count). The fourth-order valence-corrected chi connectivity index (χ4v) is 2.37. The molecule has 0 saturated carbocycles. The van der Waals surface area contributed by atoms with Crippen molar-refractivity contribution in [1.82, 2.24) is 9.55 Å². The Labute approximate surface area is 131 Å². The maximum absolute atomic E-state index is 11.6. The van der Waals surface area contributed by atoms with Gasteiger partial charge in [-0.3, -0.25) is 4.79 Å². The summed E-state index contributed by atoms with van der Waals surface area (Å²) >= 11 is 0. The topological polar surface area (TPSA) is 119 Å². The smallest absolute Gasteiger partial charge is 0.339 e. The molecular weight excluding hydrogens is 304 g/mol. The van der Waals surface area contributed by atoms with Crippen molar-refractivity contribution in [3.63, 3.8) is 0 Å². The number of hydrogen-bond acceptors (Lipinski definition) is 5. The van der Waals surface area contributed by atoms with E-state index in [4.69, 9.17) is 4.74 Å². The van der Waals surface area contributed by atoms with Gasteiger partial charge in [0.25, 0.3) is 0 Å². The number of esters is 1. The monoisotopic (exact) mass is 318 g/mol. The van der Waals surface area contributed by atoms with Gasteiger partial charge in [0.05, 0.1) is 5.56 Å². The third kappa shape index (κ3) is 2.91. The van der Waals surface area contributed by atoms with Crippen molar-refractivity contribution < 1.29 is 29.3 Å². The number of carboxylic acids is 2. The minimum Gasteiger partial charge on any atom is -0.478 e. The molecule has 0 aliphatic carbocycles. The summed E-state index contributed by atoms with van der Waals surface area (Å²) in [5, 5.41) is 18.8. The second kappa shape index (κ2) is 5.91. The average molecular weight is 318 g/mol. The lowest BCUT2D eigenvalue weighted by Crippen LogP contribution is -2.14. The van der Waals surface area contributed by atoms with Crippen LogP contribution in [-0.2, 0) is 11.8 Å². The molecule has 0 spiro atoms. The van der Waals surface area contributed by atoms with Crippen molar-refractivity contribution in [1.29, 1.82) is 0 Å². The molecule has 0 saturated heterocycles. The van der Waals surface area contributed by atoms with Crippen LogP contribution in [0.15, 0.2) is 18.5 Å². The summed E-state index contributed by atoms with van der Waals surface area (Å²) in [7, 11) is 1.67. The van der Waals surface area contributed by atoms with Crippen LogP contribution in [0.1, 0.15) is 33.2 Å². The normalized spacial score (nSPS) is 10.4. The molecule has 8 nitrogen and oxygen atoms in total. The average Bonchev–Trinajstić information content (AvgIpc) is 2.82. The van der Waals surface area contributed by atoms with Crippen LogP contribution in [0.4, 0.5) is 0 Å². The Morgan fingerprint density at radius 3 is 2.22 bits per heavy atom. The third-order valence-electron chi connectivity index (χ3n) is 3.28. The predicted octanol–water partition coefficient (Wildman–Crippen LogP) is 1.72. The molecule has 0 amide bonds. The Morgan fingerprint density at radius 1 is 1.17 bits per heavy atom. The van der Waals surface area contributed by atoms with Crippen LogP contribution in [-0.4, -0.2) is 37.7 Å². The van der Waals surface area contributed by atoms with Gasteiger partial charge >= 0.3 is 17.9 Å². The highest BCUT2D eigenvalue weighted by Gasteiger charge is 2.27. The number of aryl methyl sites for hydroxylation is 1.